The Bertz CT molecular complexity index is 1240. The molecule has 13 heteroatoms. The van der Waals surface area contributed by atoms with Crippen LogP contribution in [0.3, 0.4) is 0 Å². The van der Waals surface area contributed by atoms with E-state index in [0.29, 0.717) is 38.6 Å². The smallest absolute Gasteiger partial charge is 0.411 e. The number of benzene rings is 1. The average Bonchev–Trinajstić information content (AvgIpc) is 3.43. The van der Waals surface area contributed by atoms with Crippen molar-refractivity contribution in [3.8, 4) is 0 Å². The van der Waals surface area contributed by atoms with Gasteiger partial charge in [0.2, 0.25) is 11.8 Å². The molecule has 2 unspecified atom stereocenters. The van der Waals surface area contributed by atoms with Crippen LogP contribution >= 0.6 is 0 Å². The molecule has 0 spiro atoms. The van der Waals surface area contributed by atoms with Crippen LogP contribution in [0, 0.1) is 0 Å². The van der Waals surface area contributed by atoms with Crippen LogP contribution in [0.1, 0.15) is 77.8 Å². The van der Waals surface area contributed by atoms with Crippen LogP contribution in [-0.2, 0) is 27.5 Å². The van der Waals surface area contributed by atoms with E-state index in [0.717, 1.165) is 12.0 Å². The van der Waals surface area contributed by atoms with Gasteiger partial charge in [-0.1, -0.05) is 30.3 Å². The number of nitrogens with zero attached hydrogens (tertiary/aromatic N) is 6. The van der Waals surface area contributed by atoms with Gasteiger partial charge in [0.15, 0.2) is 6.35 Å². The number of aliphatic hydroxyl groups is 1. The van der Waals surface area contributed by atoms with Gasteiger partial charge in [-0.15, -0.1) is 15.3 Å². The molecule has 3 aliphatic rings. The third kappa shape index (κ3) is 7.02. The number of hydrogen-bond acceptors (Lipinski definition) is 11. The van der Waals surface area contributed by atoms with Gasteiger partial charge in [0.05, 0.1) is 24.7 Å². The maximum absolute atomic E-state index is 13.2. The molecule has 1 N–H and O–H groups in total. The number of ether oxygens (including phenoxy) is 2. The Balaban J connectivity index is 1.23. The minimum Gasteiger partial charge on any atom is -0.444 e. The van der Waals surface area contributed by atoms with E-state index in [-0.39, 0.29) is 30.6 Å². The fourth-order valence-corrected chi connectivity index (χ4v) is 5.34. The Hall–Kier alpha value is -3.26. The first kappa shape index (κ1) is 30.2. The zero-order chi connectivity index (χ0) is 30.2. The van der Waals surface area contributed by atoms with Crippen LogP contribution in [0.4, 0.5) is 9.59 Å². The molecule has 3 fully saturated rings. The molecule has 0 aliphatic carbocycles. The number of aliphatic hydroxyl groups excluding tert-OH is 1. The predicted octanol–water partition coefficient (Wildman–Crippen LogP) is 3.65. The highest BCUT2D eigenvalue weighted by atomic mass is 16.7. The summed E-state index contributed by atoms with van der Waals surface area (Å²) in [5, 5.41) is 21.3. The van der Waals surface area contributed by atoms with Gasteiger partial charge >= 0.3 is 12.2 Å². The summed E-state index contributed by atoms with van der Waals surface area (Å²) < 4.78 is 17.2. The molecule has 0 radical (unpaired) electrons. The lowest BCUT2D eigenvalue weighted by molar-refractivity contribution is -0.266. The third-order valence-electron chi connectivity index (χ3n) is 7.36. The van der Waals surface area contributed by atoms with Crippen LogP contribution in [0.25, 0.3) is 0 Å². The van der Waals surface area contributed by atoms with E-state index in [1.54, 1.807) is 30.7 Å². The number of carbonyl (C=O) groups is 2. The van der Waals surface area contributed by atoms with Gasteiger partial charge in [0.25, 0.3) is 0 Å². The van der Waals surface area contributed by atoms with Gasteiger partial charge in [-0.25, -0.2) is 9.59 Å². The van der Waals surface area contributed by atoms with E-state index in [9.17, 15) is 14.7 Å². The Morgan fingerprint density at radius 3 is 2.36 bits per heavy atom. The average molecular weight is 587 g/mol. The number of likely N-dealkylation sites (tertiary alicyclic amines) is 1. The van der Waals surface area contributed by atoms with Crippen molar-refractivity contribution in [3.63, 3.8) is 0 Å². The fourth-order valence-electron chi connectivity index (χ4n) is 5.34. The highest BCUT2D eigenvalue weighted by Gasteiger charge is 2.48. The predicted molar refractivity (Wildman–Crippen MR) is 149 cm³/mol. The largest absolute Gasteiger partial charge is 0.444 e. The molecule has 230 valence electrons. The number of aromatic nitrogens is 2. The molecule has 2 bridgehead atoms. The van der Waals surface area contributed by atoms with Crippen molar-refractivity contribution in [2.24, 2.45) is 0 Å². The third-order valence-corrected chi connectivity index (χ3v) is 7.36. The van der Waals surface area contributed by atoms with Gasteiger partial charge in [-0.3, -0.25) is 14.6 Å². The van der Waals surface area contributed by atoms with Crippen molar-refractivity contribution in [2.45, 2.75) is 103 Å². The number of amides is 2. The molecule has 0 saturated carbocycles. The summed E-state index contributed by atoms with van der Waals surface area (Å²) in [7, 11) is 0. The van der Waals surface area contributed by atoms with Crippen LogP contribution in [-0.4, -0.2) is 96.5 Å². The number of carbonyl (C=O) groups excluding carboxylic acids is 2. The summed E-state index contributed by atoms with van der Waals surface area (Å²) in [5.41, 5.74) is -0.294. The van der Waals surface area contributed by atoms with Crippen molar-refractivity contribution in [1.29, 1.82) is 0 Å². The van der Waals surface area contributed by atoms with E-state index in [1.165, 1.54) is 4.90 Å². The molecule has 2 amide bonds. The van der Waals surface area contributed by atoms with E-state index in [4.69, 9.17) is 18.7 Å². The van der Waals surface area contributed by atoms with Gasteiger partial charge in [0, 0.05) is 19.6 Å². The van der Waals surface area contributed by atoms with Crippen molar-refractivity contribution < 1.29 is 33.4 Å². The molecular formula is C29H42N6O7. The number of hydroxylamine groups is 2. The van der Waals surface area contributed by atoms with Crippen molar-refractivity contribution in [1.82, 2.24) is 30.0 Å². The topological polar surface area (TPSA) is 134 Å². The Morgan fingerprint density at radius 2 is 1.69 bits per heavy atom. The normalized spacial score (nSPS) is 24.8. The highest BCUT2D eigenvalue weighted by Crippen LogP contribution is 2.39. The monoisotopic (exact) mass is 586 g/mol. The first-order valence-corrected chi connectivity index (χ1v) is 14.5. The minimum atomic E-state index is -0.950. The molecule has 1 aromatic carbocycles. The van der Waals surface area contributed by atoms with E-state index in [1.807, 2.05) is 56.0 Å². The van der Waals surface area contributed by atoms with Crippen LogP contribution in [0.15, 0.2) is 34.7 Å². The molecule has 42 heavy (non-hydrogen) atoms. The summed E-state index contributed by atoms with van der Waals surface area (Å²) in [6.07, 6.45) is -0.411. The van der Waals surface area contributed by atoms with Crippen molar-refractivity contribution in [3.05, 3.63) is 47.7 Å². The second-order valence-electron chi connectivity index (χ2n) is 13.1. The standard InChI is InChI=1S/C29H42N6O7/c1-28(2,3)41-26(37)32-14-21(15-32)33(27(38)42-29(4,5)6)17-23-30-31-24(40-23)22-13-12-20-16-34(22)25(36)35(20)39-18-19-10-8-7-9-11-19/h7-11,20-22,25,36H,12-18H2,1-6H3/t20-,22+,25?/m1/s1. The number of hydrogen-bond donors (Lipinski definition) is 1. The van der Waals surface area contributed by atoms with E-state index >= 15 is 0 Å². The molecule has 3 aliphatic heterocycles. The van der Waals surface area contributed by atoms with Gasteiger partial charge in [-0.05, 0) is 59.9 Å². The number of piperidine rings is 1. The maximum Gasteiger partial charge on any atom is 0.411 e. The second kappa shape index (κ2) is 11.8. The molecule has 4 heterocycles. The fraction of sp³-hybridized carbons (Fsp3) is 0.655. The Labute approximate surface area is 246 Å². The summed E-state index contributed by atoms with van der Waals surface area (Å²) >= 11 is 0. The van der Waals surface area contributed by atoms with Gasteiger partial charge in [-0.2, -0.15) is 0 Å². The zero-order valence-electron chi connectivity index (χ0n) is 25.2. The maximum atomic E-state index is 13.2. The SMILES string of the molecule is CC(C)(C)OC(=O)N1CC(N(Cc2nnc([C@@H]3CC[C@@H]4CN3C(O)N4OCc3ccccc3)o2)C(=O)OC(C)(C)C)C1. The summed E-state index contributed by atoms with van der Waals surface area (Å²) in [5.74, 6) is 0.625. The lowest BCUT2D eigenvalue weighted by atomic mass is 10.0. The summed E-state index contributed by atoms with van der Waals surface area (Å²) in [4.78, 5) is 36.6. The molecule has 2 aromatic rings. The first-order chi connectivity index (χ1) is 19.8. The summed E-state index contributed by atoms with van der Waals surface area (Å²) in [6, 6.07) is 9.29. The van der Waals surface area contributed by atoms with Gasteiger partial charge in [0.1, 0.15) is 17.7 Å². The molecule has 13 nitrogen and oxygen atoms in total. The molecule has 3 saturated heterocycles. The second-order valence-corrected chi connectivity index (χ2v) is 13.1. The van der Waals surface area contributed by atoms with Crippen molar-refractivity contribution >= 4 is 12.2 Å². The number of fused-ring (bicyclic) bond motifs is 2. The van der Waals surface area contributed by atoms with E-state index in [2.05, 4.69) is 10.2 Å². The molecule has 1 aromatic heterocycles. The molecule has 4 atom stereocenters. The highest BCUT2D eigenvalue weighted by molar-refractivity contribution is 5.72. The Kier molecular flexibility index (Phi) is 8.48. The lowest BCUT2D eigenvalue weighted by Gasteiger charge is -2.44. The van der Waals surface area contributed by atoms with Crippen LogP contribution in [0.5, 0.6) is 0 Å². The van der Waals surface area contributed by atoms with Crippen LogP contribution in [0.2, 0.25) is 0 Å². The summed E-state index contributed by atoms with van der Waals surface area (Å²) in [6.45, 7) is 12.4. The zero-order valence-corrected chi connectivity index (χ0v) is 25.2. The Morgan fingerprint density at radius 1 is 1.00 bits per heavy atom. The van der Waals surface area contributed by atoms with Crippen LogP contribution < -0.4 is 0 Å². The van der Waals surface area contributed by atoms with Gasteiger partial charge < -0.3 is 23.9 Å². The lowest BCUT2D eigenvalue weighted by Crippen LogP contribution is -2.63. The molecular weight excluding hydrogens is 544 g/mol. The first-order valence-electron chi connectivity index (χ1n) is 14.5. The molecule has 5 rings (SSSR count). The van der Waals surface area contributed by atoms with Crippen molar-refractivity contribution in [2.75, 3.05) is 19.6 Å². The number of rotatable bonds is 7. The quantitative estimate of drug-likeness (QED) is 0.509. The van der Waals surface area contributed by atoms with E-state index < -0.39 is 29.7 Å². The minimum absolute atomic E-state index is 0.0267.